The maximum atomic E-state index is 4.58. The molecule has 0 aliphatic carbocycles. The molecule has 108 valence electrons. The second kappa shape index (κ2) is 5.23. The standard InChI is InChI=1S/C14H15N5S2/c1-10-8-21-14(17-10)19-5-3-18(4-6-19)12-11-2-7-20-13(11)16-9-15-12/h2,7-9H,3-6H2,1H3. The van der Waals surface area contributed by atoms with Gasteiger partial charge in [-0.1, -0.05) is 0 Å². The monoisotopic (exact) mass is 317 g/mol. The van der Waals surface area contributed by atoms with Crippen LogP contribution >= 0.6 is 22.7 Å². The van der Waals surface area contributed by atoms with Crippen molar-refractivity contribution in [1.29, 1.82) is 0 Å². The molecule has 0 amide bonds. The van der Waals surface area contributed by atoms with Crippen LogP contribution in [-0.4, -0.2) is 41.1 Å². The Morgan fingerprint density at radius 2 is 1.86 bits per heavy atom. The van der Waals surface area contributed by atoms with Crippen LogP contribution < -0.4 is 9.80 Å². The van der Waals surface area contributed by atoms with Gasteiger partial charge in [0, 0.05) is 31.6 Å². The molecule has 0 radical (unpaired) electrons. The average Bonchev–Trinajstić information content (AvgIpc) is 3.15. The molecule has 0 atom stereocenters. The molecule has 4 heterocycles. The highest BCUT2D eigenvalue weighted by Crippen LogP contribution is 2.28. The van der Waals surface area contributed by atoms with Gasteiger partial charge in [-0.2, -0.15) is 0 Å². The van der Waals surface area contributed by atoms with Gasteiger partial charge in [-0.3, -0.25) is 0 Å². The zero-order valence-corrected chi connectivity index (χ0v) is 13.3. The first-order valence-corrected chi connectivity index (χ1v) is 8.67. The highest BCUT2D eigenvalue weighted by Gasteiger charge is 2.21. The van der Waals surface area contributed by atoms with Gasteiger partial charge in [0.25, 0.3) is 0 Å². The zero-order chi connectivity index (χ0) is 14.2. The number of aromatic nitrogens is 3. The first kappa shape index (κ1) is 13.0. The Hall–Kier alpha value is -1.73. The maximum Gasteiger partial charge on any atom is 0.185 e. The lowest BCUT2D eigenvalue weighted by atomic mass is 10.3. The van der Waals surface area contributed by atoms with Crippen LogP contribution in [0.1, 0.15) is 5.69 Å². The third-order valence-electron chi connectivity index (χ3n) is 3.70. The van der Waals surface area contributed by atoms with Crippen molar-refractivity contribution in [3.63, 3.8) is 0 Å². The van der Waals surface area contributed by atoms with E-state index in [-0.39, 0.29) is 0 Å². The summed E-state index contributed by atoms with van der Waals surface area (Å²) >= 11 is 3.40. The number of nitrogens with zero attached hydrogens (tertiary/aromatic N) is 5. The van der Waals surface area contributed by atoms with Crippen LogP contribution in [-0.2, 0) is 0 Å². The average molecular weight is 317 g/mol. The smallest absolute Gasteiger partial charge is 0.185 e. The Morgan fingerprint density at radius 1 is 1.05 bits per heavy atom. The summed E-state index contributed by atoms with van der Waals surface area (Å²) in [6.45, 7) is 5.97. The van der Waals surface area contributed by atoms with Gasteiger partial charge in [-0.25, -0.2) is 15.0 Å². The van der Waals surface area contributed by atoms with Gasteiger partial charge in [-0.05, 0) is 18.4 Å². The number of thiazole rings is 1. The number of rotatable bonds is 2. The van der Waals surface area contributed by atoms with Crippen LogP contribution in [0.3, 0.4) is 0 Å². The first-order valence-electron chi connectivity index (χ1n) is 6.91. The molecule has 0 N–H and O–H groups in total. The van der Waals surface area contributed by atoms with Crippen LogP contribution in [0, 0.1) is 6.92 Å². The van der Waals surface area contributed by atoms with E-state index in [1.54, 1.807) is 29.0 Å². The van der Waals surface area contributed by atoms with Crippen molar-refractivity contribution >= 4 is 43.8 Å². The SMILES string of the molecule is Cc1csc(N2CCN(c3ncnc4sccc34)CC2)n1. The number of hydrogen-bond donors (Lipinski definition) is 0. The second-order valence-electron chi connectivity index (χ2n) is 5.08. The topological polar surface area (TPSA) is 45.2 Å². The van der Waals surface area contributed by atoms with Gasteiger partial charge in [0.1, 0.15) is 17.0 Å². The third kappa shape index (κ3) is 2.36. The Labute approximate surface area is 130 Å². The summed E-state index contributed by atoms with van der Waals surface area (Å²) in [6.07, 6.45) is 1.67. The molecule has 7 heteroatoms. The van der Waals surface area contributed by atoms with E-state index >= 15 is 0 Å². The lowest BCUT2D eigenvalue weighted by molar-refractivity contribution is 0.647. The molecule has 3 aromatic heterocycles. The number of piperazine rings is 1. The fourth-order valence-electron chi connectivity index (χ4n) is 2.63. The lowest BCUT2D eigenvalue weighted by Crippen LogP contribution is -2.46. The Morgan fingerprint density at radius 3 is 2.62 bits per heavy atom. The molecule has 4 rings (SSSR count). The molecule has 1 saturated heterocycles. The van der Waals surface area contributed by atoms with E-state index in [2.05, 4.69) is 41.6 Å². The van der Waals surface area contributed by atoms with Crippen LogP contribution in [0.25, 0.3) is 10.2 Å². The van der Waals surface area contributed by atoms with Crippen molar-refractivity contribution in [3.8, 4) is 0 Å². The number of hydrogen-bond acceptors (Lipinski definition) is 7. The van der Waals surface area contributed by atoms with Gasteiger partial charge in [-0.15, -0.1) is 22.7 Å². The molecule has 21 heavy (non-hydrogen) atoms. The highest BCUT2D eigenvalue weighted by atomic mass is 32.1. The van der Waals surface area contributed by atoms with E-state index in [0.717, 1.165) is 47.7 Å². The minimum absolute atomic E-state index is 0.973. The van der Waals surface area contributed by atoms with Crippen LogP contribution in [0.5, 0.6) is 0 Å². The molecule has 5 nitrogen and oxygen atoms in total. The van der Waals surface area contributed by atoms with Gasteiger partial charge in [0.2, 0.25) is 0 Å². The number of aryl methyl sites for hydroxylation is 1. The fraction of sp³-hybridized carbons (Fsp3) is 0.357. The van der Waals surface area contributed by atoms with Crippen LogP contribution in [0.15, 0.2) is 23.2 Å². The van der Waals surface area contributed by atoms with Crippen molar-refractivity contribution in [2.45, 2.75) is 6.92 Å². The number of thiophene rings is 1. The molecule has 0 aromatic carbocycles. The molecule has 0 unspecified atom stereocenters. The Kier molecular flexibility index (Phi) is 3.23. The molecule has 1 aliphatic heterocycles. The molecule has 1 fully saturated rings. The number of fused-ring (bicyclic) bond motifs is 1. The van der Waals surface area contributed by atoms with Crippen LogP contribution in [0.4, 0.5) is 10.9 Å². The molecule has 0 bridgehead atoms. The summed E-state index contributed by atoms with van der Waals surface area (Å²) in [5.74, 6) is 1.07. The normalized spacial score (nSPS) is 15.9. The van der Waals surface area contributed by atoms with Crippen molar-refractivity contribution in [2.75, 3.05) is 36.0 Å². The van der Waals surface area contributed by atoms with Crippen LogP contribution in [0.2, 0.25) is 0 Å². The van der Waals surface area contributed by atoms with Gasteiger partial charge in [0.15, 0.2) is 5.13 Å². The molecule has 1 aliphatic rings. The maximum absolute atomic E-state index is 4.58. The van der Waals surface area contributed by atoms with E-state index in [4.69, 9.17) is 0 Å². The summed E-state index contributed by atoms with van der Waals surface area (Å²) in [5.41, 5.74) is 1.10. The second-order valence-corrected chi connectivity index (χ2v) is 6.81. The van der Waals surface area contributed by atoms with Gasteiger partial charge in [0.05, 0.1) is 11.1 Å². The minimum atomic E-state index is 0.973. The zero-order valence-electron chi connectivity index (χ0n) is 11.7. The summed E-state index contributed by atoms with van der Waals surface area (Å²) < 4.78 is 0. The fourth-order valence-corrected chi connectivity index (χ4v) is 4.21. The van der Waals surface area contributed by atoms with Crippen molar-refractivity contribution in [3.05, 3.63) is 28.8 Å². The van der Waals surface area contributed by atoms with E-state index in [9.17, 15) is 0 Å². The number of anilines is 2. The minimum Gasteiger partial charge on any atom is -0.352 e. The predicted molar refractivity (Wildman–Crippen MR) is 88.7 cm³/mol. The van der Waals surface area contributed by atoms with E-state index in [1.165, 1.54) is 5.39 Å². The van der Waals surface area contributed by atoms with E-state index in [0.29, 0.717) is 0 Å². The van der Waals surface area contributed by atoms with Crippen molar-refractivity contribution in [1.82, 2.24) is 15.0 Å². The quantitative estimate of drug-likeness (QED) is 0.727. The van der Waals surface area contributed by atoms with Crippen molar-refractivity contribution < 1.29 is 0 Å². The largest absolute Gasteiger partial charge is 0.352 e. The summed E-state index contributed by atoms with van der Waals surface area (Å²) in [4.78, 5) is 19.2. The third-order valence-corrected chi connectivity index (χ3v) is 5.54. The molecule has 0 spiro atoms. The summed E-state index contributed by atoms with van der Waals surface area (Å²) in [5, 5.41) is 6.50. The van der Waals surface area contributed by atoms with Gasteiger partial charge < -0.3 is 9.80 Å². The van der Waals surface area contributed by atoms with Crippen molar-refractivity contribution in [2.24, 2.45) is 0 Å². The molecule has 0 saturated carbocycles. The predicted octanol–water partition coefficient (Wildman–Crippen LogP) is 2.78. The first-order chi connectivity index (χ1) is 10.3. The molecular formula is C14H15N5S2. The Bertz CT molecular complexity index is 757. The molecule has 3 aromatic rings. The molecular weight excluding hydrogens is 302 g/mol. The Balaban J connectivity index is 1.53. The van der Waals surface area contributed by atoms with E-state index in [1.807, 2.05) is 6.92 Å². The highest BCUT2D eigenvalue weighted by molar-refractivity contribution is 7.16. The van der Waals surface area contributed by atoms with Gasteiger partial charge >= 0.3 is 0 Å². The summed E-state index contributed by atoms with van der Waals surface area (Å²) in [6, 6.07) is 2.12. The lowest BCUT2D eigenvalue weighted by Gasteiger charge is -2.35. The summed E-state index contributed by atoms with van der Waals surface area (Å²) in [7, 11) is 0. The van der Waals surface area contributed by atoms with E-state index < -0.39 is 0 Å².